The second-order valence-corrected chi connectivity index (χ2v) is 4.99. The van der Waals surface area contributed by atoms with Crippen molar-refractivity contribution in [2.24, 2.45) is 5.92 Å². The van der Waals surface area contributed by atoms with Gasteiger partial charge in [-0.1, -0.05) is 12.1 Å². The fourth-order valence-corrected chi connectivity index (χ4v) is 2.46. The Morgan fingerprint density at radius 3 is 3.11 bits per heavy atom. The highest BCUT2D eigenvalue weighted by atomic mass is 16.4. The topological polar surface area (TPSA) is 58.4 Å². The largest absolute Gasteiger partial charge is 0.424 e. The van der Waals surface area contributed by atoms with Gasteiger partial charge in [0.25, 0.3) is 6.01 Å². The molecule has 2 heterocycles. The summed E-state index contributed by atoms with van der Waals surface area (Å²) in [5.74, 6) is 0.628. The van der Waals surface area contributed by atoms with Gasteiger partial charge >= 0.3 is 0 Å². The standard InChI is InChI=1S/C14H17N3O2/c1-10(18)17-7-6-11(9-17)8-15-14-16-12-4-2-3-5-13(12)19-14/h2-5,11H,6-9H2,1H3,(H,15,16)/t11-/m0/s1. The Balaban J connectivity index is 1.59. The van der Waals surface area contributed by atoms with Crippen molar-refractivity contribution in [3.8, 4) is 0 Å². The molecule has 2 aromatic rings. The molecule has 0 unspecified atom stereocenters. The van der Waals surface area contributed by atoms with E-state index in [2.05, 4.69) is 10.3 Å². The van der Waals surface area contributed by atoms with Crippen LogP contribution < -0.4 is 5.32 Å². The number of hydrogen-bond acceptors (Lipinski definition) is 4. The highest BCUT2D eigenvalue weighted by molar-refractivity contribution is 5.74. The Bertz CT molecular complexity index is 560. The van der Waals surface area contributed by atoms with Crippen molar-refractivity contribution in [3.63, 3.8) is 0 Å². The smallest absolute Gasteiger partial charge is 0.295 e. The highest BCUT2D eigenvalue weighted by Crippen LogP contribution is 2.20. The third kappa shape index (κ3) is 2.54. The van der Waals surface area contributed by atoms with E-state index >= 15 is 0 Å². The summed E-state index contributed by atoms with van der Waals surface area (Å²) in [6.07, 6.45) is 1.03. The maximum atomic E-state index is 11.3. The molecule has 3 rings (SSSR count). The number of amides is 1. The van der Waals surface area contributed by atoms with Crippen LogP contribution in [0.25, 0.3) is 11.1 Å². The van der Waals surface area contributed by atoms with Crippen LogP contribution in [0.3, 0.4) is 0 Å². The van der Waals surface area contributed by atoms with Gasteiger partial charge in [-0.25, -0.2) is 0 Å². The number of oxazole rings is 1. The minimum Gasteiger partial charge on any atom is -0.424 e. The van der Waals surface area contributed by atoms with Gasteiger partial charge in [-0.2, -0.15) is 4.98 Å². The third-order valence-corrected chi connectivity index (χ3v) is 3.57. The summed E-state index contributed by atoms with van der Waals surface area (Å²) < 4.78 is 5.60. The number of rotatable bonds is 3. The molecule has 100 valence electrons. The van der Waals surface area contributed by atoms with Crippen molar-refractivity contribution in [1.82, 2.24) is 9.88 Å². The zero-order valence-electron chi connectivity index (χ0n) is 10.9. The maximum absolute atomic E-state index is 11.3. The zero-order chi connectivity index (χ0) is 13.2. The Labute approximate surface area is 111 Å². The predicted molar refractivity (Wildman–Crippen MR) is 72.9 cm³/mol. The average Bonchev–Trinajstić information content (AvgIpc) is 3.02. The number of nitrogens with one attached hydrogen (secondary N) is 1. The number of nitrogens with zero attached hydrogens (tertiary/aromatic N) is 2. The van der Waals surface area contributed by atoms with Gasteiger partial charge in [-0.3, -0.25) is 4.79 Å². The Morgan fingerprint density at radius 2 is 2.37 bits per heavy atom. The second-order valence-electron chi connectivity index (χ2n) is 4.99. The Kier molecular flexibility index (Phi) is 3.11. The molecule has 1 aliphatic heterocycles. The number of carbonyl (C=O) groups excluding carboxylic acids is 1. The predicted octanol–water partition coefficient (Wildman–Crippen LogP) is 2.11. The first-order valence-corrected chi connectivity index (χ1v) is 6.57. The zero-order valence-corrected chi connectivity index (χ0v) is 10.9. The summed E-state index contributed by atoms with van der Waals surface area (Å²) in [4.78, 5) is 17.5. The van der Waals surface area contributed by atoms with E-state index in [-0.39, 0.29) is 5.91 Å². The van der Waals surface area contributed by atoms with Crippen LogP contribution in [-0.2, 0) is 4.79 Å². The molecule has 5 nitrogen and oxygen atoms in total. The fraction of sp³-hybridized carbons (Fsp3) is 0.429. The SMILES string of the molecule is CC(=O)N1CC[C@@H](CNc2nc3ccccc3o2)C1. The van der Waals surface area contributed by atoms with E-state index in [9.17, 15) is 4.79 Å². The van der Waals surface area contributed by atoms with Crippen LogP contribution in [0.15, 0.2) is 28.7 Å². The van der Waals surface area contributed by atoms with E-state index in [0.29, 0.717) is 11.9 Å². The first kappa shape index (κ1) is 12.0. The van der Waals surface area contributed by atoms with Gasteiger partial charge in [0, 0.05) is 26.6 Å². The van der Waals surface area contributed by atoms with Crippen LogP contribution in [-0.4, -0.2) is 35.4 Å². The van der Waals surface area contributed by atoms with Gasteiger partial charge in [0.15, 0.2) is 5.58 Å². The summed E-state index contributed by atoms with van der Waals surface area (Å²) in [7, 11) is 0. The number of anilines is 1. The van der Waals surface area contributed by atoms with E-state index in [4.69, 9.17) is 4.42 Å². The van der Waals surface area contributed by atoms with Crippen LogP contribution in [0.4, 0.5) is 6.01 Å². The van der Waals surface area contributed by atoms with E-state index in [1.165, 1.54) is 0 Å². The van der Waals surface area contributed by atoms with Crippen LogP contribution in [0.5, 0.6) is 0 Å². The van der Waals surface area contributed by atoms with Crippen molar-refractivity contribution in [2.45, 2.75) is 13.3 Å². The van der Waals surface area contributed by atoms with Gasteiger partial charge in [0.2, 0.25) is 5.91 Å². The molecule has 1 amide bonds. The van der Waals surface area contributed by atoms with E-state index in [0.717, 1.165) is 37.2 Å². The van der Waals surface area contributed by atoms with Gasteiger partial charge in [0.1, 0.15) is 5.52 Å². The molecular weight excluding hydrogens is 242 g/mol. The average molecular weight is 259 g/mol. The quantitative estimate of drug-likeness (QED) is 0.917. The number of hydrogen-bond donors (Lipinski definition) is 1. The highest BCUT2D eigenvalue weighted by Gasteiger charge is 2.24. The molecule has 0 spiro atoms. The molecule has 5 heteroatoms. The summed E-state index contributed by atoms with van der Waals surface area (Å²) in [6, 6.07) is 8.26. The van der Waals surface area contributed by atoms with Gasteiger partial charge in [-0.05, 0) is 24.5 Å². The minimum absolute atomic E-state index is 0.157. The van der Waals surface area contributed by atoms with Crippen LogP contribution in [0.1, 0.15) is 13.3 Å². The molecule has 0 saturated carbocycles. The summed E-state index contributed by atoms with van der Waals surface area (Å²) in [6.45, 7) is 4.09. The third-order valence-electron chi connectivity index (χ3n) is 3.57. The molecule has 19 heavy (non-hydrogen) atoms. The van der Waals surface area contributed by atoms with Crippen molar-refractivity contribution in [2.75, 3.05) is 25.0 Å². The minimum atomic E-state index is 0.157. The first-order chi connectivity index (χ1) is 9.22. The molecule has 0 bridgehead atoms. The lowest BCUT2D eigenvalue weighted by molar-refractivity contribution is -0.127. The monoisotopic (exact) mass is 259 g/mol. The lowest BCUT2D eigenvalue weighted by Crippen LogP contribution is -2.27. The maximum Gasteiger partial charge on any atom is 0.295 e. The normalized spacial score (nSPS) is 19.0. The fourth-order valence-electron chi connectivity index (χ4n) is 2.46. The Morgan fingerprint density at radius 1 is 1.53 bits per heavy atom. The summed E-state index contributed by atoms with van der Waals surface area (Å²) in [5.41, 5.74) is 1.66. The molecule has 0 radical (unpaired) electrons. The molecule has 1 aliphatic rings. The molecule has 1 aromatic carbocycles. The van der Waals surface area contributed by atoms with E-state index < -0.39 is 0 Å². The van der Waals surface area contributed by atoms with Gasteiger partial charge < -0.3 is 14.6 Å². The number of carbonyl (C=O) groups is 1. The van der Waals surface area contributed by atoms with Crippen LogP contribution >= 0.6 is 0 Å². The van der Waals surface area contributed by atoms with Crippen molar-refractivity contribution in [3.05, 3.63) is 24.3 Å². The number of benzene rings is 1. The second kappa shape index (κ2) is 4.91. The Hall–Kier alpha value is -2.04. The number of fused-ring (bicyclic) bond motifs is 1. The van der Waals surface area contributed by atoms with Crippen molar-refractivity contribution >= 4 is 23.0 Å². The molecule has 1 atom stereocenters. The summed E-state index contributed by atoms with van der Waals surface area (Å²) >= 11 is 0. The van der Waals surface area contributed by atoms with Gasteiger partial charge in [0.05, 0.1) is 0 Å². The van der Waals surface area contributed by atoms with Crippen LogP contribution in [0.2, 0.25) is 0 Å². The summed E-state index contributed by atoms with van der Waals surface area (Å²) in [5, 5.41) is 3.22. The van der Waals surface area contributed by atoms with Crippen molar-refractivity contribution < 1.29 is 9.21 Å². The molecular formula is C14H17N3O2. The van der Waals surface area contributed by atoms with Gasteiger partial charge in [-0.15, -0.1) is 0 Å². The number of para-hydroxylation sites is 2. The molecule has 1 saturated heterocycles. The first-order valence-electron chi connectivity index (χ1n) is 6.57. The van der Waals surface area contributed by atoms with Crippen molar-refractivity contribution in [1.29, 1.82) is 0 Å². The molecule has 1 fully saturated rings. The van der Waals surface area contributed by atoms with E-state index in [1.54, 1.807) is 6.92 Å². The van der Waals surface area contributed by atoms with E-state index in [1.807, 2.05) is 29.2 Å². The molecule has 0 aliphatic carbocycles. The lowest BCUT2D eigenvalue weighted by atomic mass is 10.1. The number of likely N-dealkylation sites (tertiary alicyclic amines) is 1. The lowest BCUT2D eigenvalue weighted by Gasteiger charge is -2.13. The number of aromatic nitrogens is 1. The molecule has 1 N–H and O–H groups in total. The molecule has 1 aromatic heterocycles. The van der Waals surface area contributed by atoms with Crippen LogP contribution in [0, 0.1) is 5.92 Å².